The molecule has 1 saturated carbocycles. The highest BCUT2D eigenvalue weighted by Gasteiger charge is 2.23. The van der Waals surface area contributed by atoms with Gasteiger partial charge in [0.15, 0.2) is 0 Å². The van der Waals surface area contributed by atoms with Crippen LogP contribution in [0.5, 0.6) is 0 Å². The number of halogens is 1. The smallest absolute Gasteiger partial charge is 0.132 e. The lowest BCUT2D eigenvalue weighted by Crippen LogP contribution is -2.02. The molecular weight excluding hydrogens is 264 g/mol. The van der Waals surface area contributed by atoms with Crippen LogP contribution in [0.1, 0.15) is 43.1 Å². The molecule has 0 bridgehead atoms. The minimum absolute atomic E-state index is 0.653. The zero-order valence-corrected chi connectivity index (χ0v) is 11.0. The van der Waals surface area contributed by atoms with Crippen molar-refractivity contribution in [3.8, 4) is 0 Å². The summed E-state index contributed by atoms with van der Waals surface area (Å²) in [6, 6.07) is 6.37. The molecule has 3 rings (SSSR count). The SMILES string of the molecule is Cc1cccc2c(Br)nc(C3CCCC3)n12. The number of imidazole rings is 1. The quantitative estimate of drug-likeness (QED) is 0.769. The van der Waals surface area contributed by atoms with Gasteiger partial charge in [0.25, 0.3) is 0 Å². The molecule has 2 aromatic heterocycles. The molecular formula is C13H15BrN2. The average molecular weight is 279 g/mol. The van der Waals surface area contributed by atoms with Crippen LogP contribution in [0.4, 0.5) is 0 Å². The second-order valence-electron chi connectivity index (χ2n) is 4.63. The fourth-order valence-corrected chi connectivity index (χ4v) is 3.24. The van der Waals surface area contributed by atoms with Crippen molar-refractivity contribution < 1.29 is 0 Å². The first-order valence-corrected chi connectivity index (χ1v) is 6.70. The Kier molecular flexibility index (Phi) is 2.51. The number of hydrogen-bond donors (Lipinski definition) is 0. The van der Waals surface area contributed by atoms with Gasteiger partial charge in [0.05, 0.1) is 5.52 Å². The third-order valence-electron chi connectivity index (χ3n) is 3.56. The molecule has 16 heavy (non-hydrogen) atoms. The molecule has 2 aromatic rings. The highest BCUT2D eigenvalue weighted by Crippen LogP contribution is 2.35. The van der Waals surface area contributed by atoms with Crippen LogP contribution in [0.25, 0.3) is 5.52 Å². The third kappa shape index (κ3) is 1.49. The van der Waals surface area contributed by atoms with E-state index < -0.39 is 0 Å². The number of aromatic nitrogens is 2. The van der Waals surface area contributed by atoms with Crippen LogP contribution in [0.2, 0.25) is 0 Å². The van der Waals surface area contributed by atoms with Crippen LogP contribution in [-0.4, -0.2) is 9.38 Å². The Morgan fingerprint density at radius 3 is 2.81 bits per heavy atom. The van der Waals surface area contributed by atoms with Crippen molar-refractivity contribution in [2.45, 2.75) is 38.5 Å². The van der Waals surface area contributed by atoms with Crippen molar-refractivity contribution >= 4 is 21.4 Å². The lowest BCUT2D eigenvalue weighted by molar-refractivity contribution is 0.660. The maximum Gasteiger partial charge on any atom is 0.132 e. The van der Waals surface area contributed by atoms with Gasteiger partial charge >= 0.3 is 0 Å². The summed E-state index contributed by atoms with van der Waals surface area (Å²) in [6.45, 7) is 2.15. The molecule has 0 saturated heterocycles. The average Bonchev–Trinajstić information content (AvgIpc) is 2.87. The number of nitrogens with zero attached hydrogens (tertiary/aromatic N) is 2. The van der Waals surface area contributed by atoms with Gasteiger partial charge in [-0.3, -0.25) is 4.40 Å². The van der Waals surface area contributed by atoms with Crippen LogP contribution in [0.3, 0.4) is 0 Å². The van der Waals surface area contributed by atoms with E-state index in [1.807, 2.05) is 0 Å². The zero-order chi connectivity index (χ0) is 11.1. The fraction of sp³-hybridized carbons (Fsp3) is 0.462. The molecule has 1 fully saturated rings. The van der Waals surface area contributed by atoms with E-state index in [2.05, 4.69) is 45.5 Å². The Balaban J connectivity index is 2.24. The normalized spacial score (nSPS) is 17.4. The molecule has 0 spiro atoms. The minimum atomic E-state index is 0.653. The Morgan fingerprint density at radius 1 is 1.31 bits per heavy atom. The number of hydrogen-bond acceptors (Lipinski definition) is 1. The van der Waals surface area contributed by atoms with Crippen molar-refractivity contribution in [3.05, 3.63) is 34.3 Å². The summed E-state index contributed by atoms with van der Waals surface area (Å²) in [5, 5.41) is 0. The summed E-state index contributed by atoms with van der Waals surface area (Å²) in [5.74, 6) is 1.90. The number of rotatable bonds is 1. The first-order chi connectivity index (χ1) is 7.77. The van der Waals surface area contributed by atoms with E-state index in [9.17, 15) is 0 Å². The molecule has 0 N–H and O–H groups in total. The number of fused-ring (bicyclic) bond motifs is 1. The largest absolute Gasteiger partial charge is 0.300 e. The molecule has 0 aromatic carbocycles. The second-order valence-corrected chi connectivity index (χ2v) is 5.38. The molecule has 2 heterocycles. The van der Waals surface area contributed by atoms with Crippen LogP contribution in [0, 0.1) is 6.92 Å². The Labute approximate surface area is 104 Å². The Morgan fingerprint density at radius 2 is 2.06 bits per heavy atom. The monoisotopic (exact) mass is 278 g/mol. The summed E-state index contributed by atoms with van der Waals surface area (Å²) >= 11 is 3.57. The molecule has 2 nitrogen and oxygen atoms in total. The van der Waals surface area contributed by atoms with Gasteiger partial charge in [-0.15, -0.1) is 0 Å². The van der Waals surface area contributed by atoms with E-state index in [0.717, 1.165) is 4.60 Å². The Bertz CT molecular complexity index is 524. The summed E-state index contributed by atoms with van der Waals surface area (Å²) in [6.07, 6.45) is 5.28. The van der Waals surface area contributed by atoms with Gasteiger partial charge in [-0.2, -0.15) is 0 Å². The van der Waals surface area contributed by atoms with Gasteiger partial charge in [-0.05, 0) is 47.8 Å². The van der Waals surface area contributed by atoms with Crippen molar-refractivity contribution in [3.63, 3.8) is 0 Å². The lowest BCUT2D eigenvalue weighted by Gasteiger charge is -2.09. The molecule has 1 aliphatic rings. The van der Waals surface area contributed by atoms with Crippen LogP contribution in [0.15, 0.2) is 22.8 Å². The molecule has 3 heteroatoms. The van der Waals surface area contributed by atoms with E-state index in [1.54, 1.807) is 0 Å². The van der Waals surface area contributed by atoms with Crippen molar-refractivity contribution in [1.82, 2.24) is 9.38 Å². The summed E-state index contributed by atoms with van der Waals surface area (Å²) in [4.78, 5) is 4.71. The molecule has 0 unspecified atom stereocenters. The molecule has 0 atom stereocenters. The molecule has 1 aliphatic carbocycles. The fourth-order valence-electron chi connectivity index (χ4n) is 2.75. The molecule has 0 amide bonds. The van der Waals surface area contributed by atoms with Gasteiger partial charge in [0.1, 0.15) is 10.4 Å². The van der Waals surface area contributed by atoms with E-state index in [1.165, 1.54) is 42.7 Å². The third-order valence-corrected chi connectivity index (χ3v) is 4.14. The maximum absolute atomic E-state index is 4.71. The van der Waals surface area contributed by atoms with E-state index in [0.29, 0.717) is 5.92 Å². The first-order valence-electron chi connectivity index (χ1n) is 5.91. The molecule has 0 aliphatic heterocycles. The van der Waals surface area contributed by atoms with Crippen molar-refractivity contribution in [2.75, 3.05) is 0 Å². The second kappa shape index (κ2) is 3.88. The predicted molar refractivity (Wildman–Crippen MR) is 68.8 cm³/mol. The van der Waals surface area contributed by atoms with Crippen LogP contribution >= 0.6 is 15.9 Å². The standard InChI is InChI=1S/C13H15BrN2/c1-9-5-4-8-11-12(14)15-13(16(9)11)10-6-2-3-7-10/h4-5,8,10H,2-3,6-7H2,1H3. The maximum atomic E-state index is 4.71. The van der Waals surface area contributed by atoms with Gasteiger partial charge < -0.3 is 0 Å². The van der Waals surface area contributed by atoms with Crippen molar-refractivity contribution in [2.24, 2.45) is 0 Å². The summed E-state index contributed by atoms with van der Waals surface area (Å²) in [7, 11) is 0. The highest BCUT2D eigenvalue weighted by molar-refractivity contribution is 9.10. The Hall–Kier alpha value is -0.830. The van der Waals surface area contributed by atoms with E-state index in [-0.39, 0.29) is 0 Å². The van der Waals surface area contributed by atoms with Crippen molar-refractivity contribution in [1.29, 1.82) is 0 Å². The first kappa shape index (κ1) is 10.3. The van der Waals surface area contributed by atoms with Gasteiger partial charge in [0, 0.05) is 11.6 Å². The van der Waals surface area contributed by atoms with Gasteiger partial charge in [-0.1, -0.05) is 18.9 Å². The summed E-state index contributed by atoms with van der Waals surface area (Å²) < 4.78 is 3.29. The lowest BCUT2D eigenvalue weighted by atomic mass is 10.1. The number of pyridine rings is 1. The number of aryl methyl sites for hydroxylation is 1. The van der Waals surface area contributed by atoms with E-state index >= 15 is 0 Å². The van der Waals surface area contributed by atoms with Gasteiger partial charge in [0.2, 0.25) is 0 Å². The topological polar surface area (TPSA) is 17.3 Å². The summed E-state index contributed by atoms with van der Waals surface area (Å²) in [5.41, 5.74) is 2.47. The van der Waals surface area contributed by atoms with Gasteiger partial charge in [-0.25, -0.2) is 4.98 Å². The highest BCUT2D eigenvalue weighted by atomic mass is 79.9. The van der Waals surface area contributed by atoms with E-state index in [4.69, 9.17) is 4.98 Å². The molecule has 0 radical (unpaired) electrons. The predicted octanol–water partition coefficient (Wildman–Crippen LogP) is 4.06. The van der Waals surface area contributed by atoms with Crippen LogP contribution in [-0.2, 0) is 0 Å². The molecule has 84 valence electrons. The zero-order valence-electron chi connectivity index (χ0n) is 9.41. The minimum Gasteiger partial charge on any atom is -0.300 e. The van der Waals surface area contributed by atoms with Crippen LogP contribution < -0.4 is 0 Å².